The van der Waals surface area contributed by atoms with Gasteiger partial charge < -0.3 is 4.90 Å². The van der Waals surface area contributed by atoms with Crippen LogP contribution in [0.1, 0.15) is 11.1 Å². The summed E-state index contributed by atoms with van der Waals surface area (Å²) in [6.07, 6.45) is 0. The molecule has 0 aliphatic heterocycles. The molecule has 0 saturated heterocycles. The van der Waals surface area contributed by atoms with Gasteiger partial charge in [0.2, 0.25) is 0 Å². The van der Waals surface area contributed by atoms with Crippen LogP contribution >= 0.6 is 27.3 Å². The van der Waals surface area contributed by atoms with E-state index in [0.29, 0.717) is 0 Å². The summed E-state index contributed by atoms with van der Waals surface area (Å²) in [4.78, 5) is 2.22. The zero-order valence-corrected chi connectivity index (χ0v) is 13.9. The predicted molar refractivity (Wildman–Crippen MR) is 92.8 cm³/mol. The van der Waals surface area contributed by atoms with Gasteiger partial charge in [0.05, 0.1) is 15.4 Å². The van der Waals surface area contributed by atoms with E-state index in [9.17, 15) is 5.26 Å². The molecule has 3 aromatic rings. The third-order valence-corrected chi connectivity index (χ3v) is 5.03. The highest BCUT2D eigenvalue weighted by Crippen LogP contribution is 2.30. The van der Waals surface area contributed by atoms with Crippen LogP contribution in [0.3, 0.4) is 0 Å². The van der Waals surface area contributed by atoms with Crippen molar-refractivity contribution in [3.63, 3.8) is 0 Å². The van der Waals surface area contributed by atoms with Crippen LogP contribution in [0.4, 0.5) is 5.69 Å². The topological polar surface area (TPSA) is 27.0 Å². The van der Waals surface area contributed by atoms with Gasteiger partial charge in [0, 0.05) is 30.1 Å². The van der Waals surface area contributed by atoms with Crippen molar-refractivity contribution >= 4 is 43.7 Å². The quantitative estimate of drug-likeness (QED) is 0.646. The summed E-state index contributed by atoms with van der Waals surface area (Å²) in [6, 6.07) is 16.4. The lowest BCUT2D eigenvalue weighted by molar-refractivity contribution is 0.932. The highest BCUT2D eigenvalue weighted by Gasteiger charge is 2.10. The molecule has 0 amide bonds. The zero-order valence-electron chi connectivity index (χ0n) is 11.5. The largest absolute Gasteiger partial charge is 0.370 e. The van der Waals surface area contributed by atoms with Crippen LogP contribution in [0, 0.1) is 11.3 Å². The van der Waals surface area contributed by atoms with Crippen molar-refractivity contribution in [1.82, 2.24) is 0 Å². The van der Waals surface area contributed by atoms with E-state index in [2.05, 4.69) is 51.5 Å². The maximum atomic E-state index is 9.24. The smallest absolute Gasteiger partial charge is 0.0998 e. The second-order valence-electron chi connectivity index (χ2n) is 4.90. The highest BCUT2D eigenvalue weighted by molar-refractivity contribution is 9.11. The molecule has 21 heavy (non-hydrogen) atoms. The van der Waals surface area contributed by atoms with Gasteiger partial charge in [-0.1, -0.05) is 24.3 Å². The van der Waals surface area contributed by atoms with Gasteiger partial charge in [-0.15, -0.1) is 11.3 Å². The fourth-order valence-electron chi connectivity index (χ4n) is 2.50. The van der Waals surface area contributed by atoms with Crippen molar-refractivity contribution in [2.45, 2.75) is 6.54 Å². The normalized spacial score (nSPS) is 10.5. The number of fused-ring (bicyclic) bond motifs is 1. The Labute approximate surface area is 136 Å². The summed E-state index contributed by atoms with van der Waals surface area (Å²) in [6.45, 7) is 0.845. The average molecular weight is 357 g/mol. The minimum atomic E-state index is 0.723. The summed E-state index contributed by atoms with van der Waals surface area (Å²) in [5.74, 6) is 0. The number of anilines is 1. The summed E-state index contributed by atoms with van der Waals surface area (Å²) in [7, 11) is 2.08. The molecule has 0 bridgehead atoms. The van der Waals surface area contributed by atoms with E-state index >= 15 is 0 Å². The van der Waals surface area contributed by atoms with E-state index in [1.807, 2.05) is 30.3 Å². The Bertz CT molecular complexity index is 832. The molecule has 0 N–H and O–H groups in total. The summed E-state index contributed by atoms with van der Waals surface area (Å²) < 4.78 is 1.15. The molecule has 0 saturated carbocycles. The molecule has 0 radical (unpaired) electrons. The van der Waals surface area contributed by atoms with Gasteiger partial charge in [-0.05, 0) is 45.1 Å². The molecule has 104 valence electrons. The van der Waals surface area contributed by atoms with Crippen molar-refractivity contribution < 1.29 is 0 Å². The Morgan fingerprint density at radius 2 is 1.95 bits per heavy atom. The van der Waals surface area contributed by atoms with Gasteiger partial charge in [0.15, 0.2) is 0 Å². The lowest BCUT2D eigenvalue weighted by Gasteiger charge is -2.21. The zero-order chi connectivity index (χ0) is 14.8. The maximum absolute atomic E-state index is 9.24. The molecule has 4 heteroatoms. The monoisotopic (exact) mass is 356 g/mol. The molecule has 3 rings (SSSR count). The number of hydrogen-bond donors (Lipinski definition) is 0. The van der Waals surface area contributed by atoms with Crippen molar-refractivity contribution in [3.05, 3.63) is 62.8 Å². The Kier molecular flexibility index (Phi) is 3.96. The second-order valence-corrected chi connectivity index (χ2v) is 7.20. The standard InChI is InChI=1S/C17H13BrN2S/c1-20(10-12-8-17(18)21-11-12)16-7-6-13(9-19)14-4-2-3-5-15(14)16/h2-8,11H,10H2,1H3. The molecule has 0 atom stereocenters. The summed E-state index contributed by atoms with van der Waals surface area (Å²) in [5, 5.41) is 13.5. The van der Waals surface area contributed by atoms with Crippen molar-refractivity contribution in [1.29, 1.82) is 5.26 Å². The van der Waals surface area contributed by atoms with Gasteiger partial charge in [0.1, 0.15) is 0 Å². The molecule has 0 unspecified atom stereocenters. The van der Waals surface area contributed by atoms with Gasteiger partial charge in [0.25, 0.3) is 0 Å². The van der Waals surface area contributed by atoms with Crippen LogP contribution < -0.4 is 4.90 Å². The van der Waals surface area contributed by atoms with Crippen LogP contribution in [0.25, 0.3) is 10.8 Å². The Balaban J connectivity index is 2.02. The van der Waals surface area contributed by atoms with Crippen LogP contribution in [-0.2, 0) is 6.54 Å². The lowest BCUT2D eigenvalue weighted by atomic mass is 10.0. The molecule has 0 aliphatic carbocycles. The van der Waals surface area contributed by atoms with Crippen LogP contribution in [-0.4, -0.2) is 7.05 Å². The number of rotatable bonds is 3. The maximum Gasteiger partial charge on any atom is 0.0998 e. The Morgan fingerprint density at radius 3 is 2.62 bits per heavy atom. The molecular formula is C17H13BrN2S. The molecule has 0 fully saturated rings. The van der Waals surface area contributed by atoms with E-state index in [-0.39, 0.29) is 0 Å². The Hall–Kier alpha value is -1.83. The van der Waals surface area contributed by atoms with Gasteiger partial charge >= 0.3 is 0 Å². The first kappa shape index (κ1) is 14.1. The molecule has 0 spiro atoms. The van der Waals surface area contributed by atoms with Gasteiger partial charge in [-0.25, -0.2) is 0 Å². The molecular weight excluding hydrogens is 344 g/mol. The molecule has 1 heterocycles. The first-order valence-corrected chi connectivity index (χ1v) is 8.22. The fraction of sp³-hybridized carbons (Fsp3) is 0.118. The Morgan fingerprint density at radius 1 is 1.19 bits per heavy atom. The number of nitriles is 1. The first-order chi connectivity index (χ1) is 10.2. The number of nitrogens with zero attached hydrogens (tertiary/aromatic N) is 2. The van der Waals surface area contributed by atoms with Crippen molar-refractivity contribution in [2.24, 2.45) is 0 Å². The van der Waals surface area contributed by atoms with E-state index in [4.69, 9.17) is 0 Å². The molecule has 2 aromatic carbocycles. The van der Waals surface area contributed by atoms with Crippen molar-refractivity contribution in [3.8, 4) is 6.07 Å². The summed E-state index contributed by atoms with van der Waals surface area (Å²) >= 11 is 5.20. The molecule has 1 aromatic heterocycles. The molecule has 0 aliphatic rings. The third-order valence-electron chi connectivity index (χ3n) is 3.47. The fourth-order valence-corrected chi connectivity index (χ4v) is 3.70. The second kappa shape index (κ2) is 5.88. The first-order valence-electron chi connectivity index (χ1n) is 6.55. The van der Waals surface area contributed by atoms with Gasteiger partial charge in [-0.3, -0.25) is 0 Å². The minimum absolute atomic E-state index is 0.723. The van der Waals surface area contributed by atoms with Gasteiger partial charge in [-0.2, -0.15) is 5.26 Å². The number of benzene rings is 2. The number of hydrogen-bond acceptors (Lipinski definition) is 3. The van der Waals surface area contributed by atoms with E-state index < -0.39 is 0 Å². The van der Waals surface area contributed by atoms with Crippen LogP contribution in [0.15, 0.2) is 51.6 Å². The van der Waals surface area contributed by atoms with Crippen molar-refractivity contribution in [2.75, 3.05) is 11.9 Å². The predicted octanol–water partition coefficient (Wildman–Crippen LogP) is 5.17. The average Bonchev–Trinajstić information content (AvgIpc) is 2.91. The van der Waals surface area contributed by atoms with E-state index in [1.165, 1.54) is 5.56 Å². The van der Waals surface area contributed by atoms with E-state index in [1.54, 1.807) is 11.3 Å². The number of halogens is 1. The van der Waals surface area contributed by atoms with Crippen LogP contribution in [0.2, 0.25) is 0 Å². The molecule has 2 nitrogen and oxygen atoms in total. The summed E-state index contributed by atoms with van der Waals surface area (Å²) in [5.41, 5.74) is 3.15. The SMILES string of the molecule is CN(Cc1csc(Br)c1)c1ccc(C#N)c2ccccc12. The lowest BCUT2D eigenvalue weighted by Crippen LogP contribution is -2.16. The third kappa shape index (κ3) is 2.80. The minimum Gasteiger partial charge on any atom is -0.370 e. The highest BCUT2D eigenvalue weighted by atomic mass is 79.9. The van der Waals surface area contributed by atoms with Crippen LogP contribution in [0.5, 0.6) is 0 Å². The van der Waals surface area contributed by atoms with E-state index in [0.717, 1.165) is 32.4 Å². The number of thiophene rings is 1.